The summed E-state index contributed by atoms with van der Waals surface area (Å²) in [5.41, 5.74) is 5.84. The fourth-order valence-electron chi connectivity index (χ4n) is 8.60. The molecule has 2 fully saturated rings. The van der Waals surface area contributed by atoms with Crippen molar-refractivity contribution in [2.45, 2.75) is 114 Å². The third kappa shape index (κ3) is 15.3. The van der Waals surface area contributed by atoms with Gasteiger partial charge >= 0.3 is 0 Å². The van der Waals surface area contributed by atoms with Crippen LogP contribution in [0.4, 0.5) is 0 Å². The van der Waals surface area contributed by atoms with E-state index in [4.69, 9.17) is 47.4 Å². The summed E-state index contributed by atoms with van der Waals surface area (Å²) in [4.78, 5) is 0. The number of rotatable bonds is 27. The number of hydrogen-bond acceptors (Lipinski definition) is 11. The summed E-state index contributed by atoms with van der Waals surface area (Å²) in [6.07, 6.45) is -6.07. The topological polar surface area (TPSA) is 113 Å². The van der Waals surface area contributed by atoms with Gasteiger partial charge in [0.1, 0.15) is 48.8 Å². The van der Waals surface area contributed by atoms with Crippen molar-refractivity contribution in [3.63, 3.8) is 0 Å². The molecule has 6 aromatic rings. The zero-order valence-corrected chi connectivity index (χ0v) is 39.7. The highest BCUT2D eigenvalue weighted by atomic mass is 16.8. The molecule has 0 saturated carbocycles. The van der Waals surface area contributed by atoms with Gasteiger partial charge in [-0.25, -0.2) is 0 Å². The van der Waals surface area contributed by atoms with E-state index in [1.54, 1.807) is 0 Å². The maximum Gasteiger partial charge on any atom is 0.187 e. The van der Waals surface area contributed by atoms with Gasteiger partial charge in [-0.05, 0) is 46.2 Å². The van der Waals surface area contributed by atoms with E-state index in [0.717, 1.165) is 39.8 Å². The zero-order chi connectivity index (χ0) is 48.0. The van der Waals surface area contributed by atoms with Crippen LogP contribution in [0.3, 0.4) is 0 Å². The molecule has 11 heteroatoms. The summed E-state index contributed by atoms with van der Waals surface area (Å²) < 4.78 is 67.7. The van der Waals surface area contributed by atoms with Gasteiger partial charge in [0, 0.05) is 0 Å². The van der Waals surface area contributed by atoms with Crippen LogP contribution in [-0.2, 0) is 87.0 Å². The lowest BCUT2D eigenvalue weighted by Gasteiger charge is -2.49. The van der Waals surface area contributed by atoms with Crippen LogP contribution < -0.4 is 0 Å². The SMILES string of the molecule is C=CCCCO[C@@H]1O[C@H](COCc2ccccc2)[C@@H](OCc2ccccc2)[C@H](OCc2ccccc2)[C@@H]1O[C@@H]1O[C@H](COCc2ccccc2)[C@@H](OCc2ccccc2)[C@H](OCc2ccccc2)[C@@H]1O. The van der Waals surface area contributed by atoms with E-state index in [1.165, 1.54) is 0 Å². The van der Waals surface area contributed by atoms with Crippen molar-refractivity contribution in [2.75, 3.05) is 19.8 Å². The van der Waals surface area contributed by atoms with Gasteiger partial charge in [0.2, 0.25) is 0 Å². The van der Waals surface area contributed by atoms with Gasteiger partial charge in [0.05, 0.1) is 59.5 Å². The maximum atomic E-state index is 12.7. The van der Waals surface area contributed by atoms with Crippen LogP contribution in [0, 0.1) is 0 Å². The molecule has 2 aliphatic rings. The summed E-state index contributed by atoms with van der Waals surface area (Å²) in [6.45, 7) is 6.13. The van der Waals surface area contributed by atoms with Crippen molar-refractivity contribution in [1.82, 2.24) is 0 Å². The molecule has 11 nitrogen and oxygen atoms in total. The molecule has 0 unspecified atom stereocenters. The fourth-order valence-corrected chi connectivity index (χ4v) is 8.60. The first-order valence-corrected chi connectivity index (χ1v) is 24.3. The van der Waals surface area contributed by atoms with Gasteiger partial charge < -0.3 is 52.5 Å². The number of aliphatic hydroxyl groups is 1. The second kappa shape index (κ2) is 27.9. The van der Waals surface area contributed by atoms with Crippen LogP contribution in [0.15, 0.2) is 195 Å². The quantitative estimate of drug-likeness (QED) is 0.0394. The summed E-state index contributed by atoms with van der Waals surface area (Å²) in [7, 11) is 0. The van der Waals surface area contributed by atoms with Crippen LogP contribution in [0.1, 0.15) is 46.2 Å². The first kappa shape index (κ1) is 51.0. The fraction of sp³-hybridized carbons (Fsp3) is 0.356. The van der Waals surface area contributed by atoms with Crippen LogP contribution in [0.2, 0.25) is 0 Å². The lowest BCUT2D eigenvalue weighted by Crippen LogP contribution is -2.66. The number of ether oxygens (including phenoxy) is 10. The minimum absolute atomic E-state index is 0.104. The van der Waals surface area contributed by atoms with Gasteiger partial charge in [0.15, 0.2) is 12.6 Å². The second-order valence-electron chi connectivity index (χ2n) is 17.5. The van der Waals surface area contributed by atoms with Crippen molar-refractivity contribution in [1.29, 1.82) is 0 Å². The normalized spacial score (nSPS) is 24.5. The molecule has 0 aliphatic carbocycles. The largest absolute Gasteiger partial charge is 0.385 e. The van der Waals surface area contributed by atoms with Crippen molar-refractivity contribution in [3.8, 4) is 0 Å². The Kier molecular flexibility index (Phi) is 20.3. The van der Waals surface area contributed by atoms with Gasteiger partial charge in [-0.15, -0.1) is 6.58 Å². The molecule has 2 saturated heterocycles. The Labute approximate surface area is 412 Å². The molecule has 1 N–H and O–H groups in total. The number of aliphatic hydroxyl groups excluding tert-OH is 1. The molecule has 6 aromatic carbocycles. The molecule has 368 valence electrons. The van der Waals surface area contributed by atoms with Crippen molar-refractivity contribution in [3.05, 3.63) is 228 Å². The van der Waals surface area contributed by atoms with E-state index in [-0.39, 0.29) is 39.6 Å². The van der Waals surface area contributed by atoms with E-state index in [2.05, 4.69) is 6.58 Å². The highest BCUT2D eigenvalue weighted by Crippen LogP contribution is 2.36. The minimum atomic E-state index is -1.36. The Morgan fingerprint density at radius 2 is 0.743 bits per heavy atom. The molecule has 0 bridgehead atoms. The van der Waals surface area contributed by atoms with Gasteiger partial charge in [-0.1, -0.05) is 188 Å². The van der Waals surface area contributed by atoms with Crippen LogP contribution >= 0.6 is 0 Å². The van der Waals surface area contributed by atoms with Gasteiger partial charge in [-0.3, -0.25) is 0 Å². The Hall–Kier alpha value is -5.38. The van der Waals surface area contributed by atoms with Crippen molar-refractivity contribution >= 4 is 0 Å². The molecule has 0 amide bonds. The zero-order valence-electron chi connectivity index (χ0n) is 39.7. The van der Waals surface area contributed by atoms with Crippen LogP contribution in [0.25, 0.3) is 0 Å². The maximum absolute atomic E-state index is 12.7. The van der Waals surface area contributed by atoms with Crippen molar-refractivity contribution < 1.29 is 52.5 Å². The molecule has 0 aromatic heterocycles. The summed E-state index contributed by atoms with van der Waals surface area (Å²) >= 11 is 0. The number of hydrogen-bond donors (Lipinski definition) is 1. The van der Waals surface area contributed by atoms with Crippen LogP contribution in [0.5, 0.6) is 0 Å². The molecular weight excluding hydrogens is 885 g/mol. The molecule has 8 rings (SSSR count). The average Bonchev–Trinajstić information content (AvgIpc) is 3.41. The Morgan fingerprint density at radius 1 is 0.400 bits per heavy atom. The van der Waals surface area contributed by atoms with Crippen molar-refractivity contribution in [2.24, 2.45) is 0 Å². The average molecular weight is 951 g/mol. The predicted octanol–water partition coefficient (Wildman–Crippen LogP) is 9.94. The number of unbranched alkanes of at least 4 members (excludes halogenated alkanes) is 1. The Morgan fingerprint density at radius 3 is 1.14 bits per heavy atom. The smallest absolute Gasteiger partial charge is 0.187 e. The third-order valence-corrected chi connectivity index (χ3v) is 12.3. The van der Waals surface area contributed by atoms with E-state index in [1.807, 2.05) is 188 Å². The number of allylic oxidation sites excluding steroid dienone is 1. The first-order valence-electron chi connectivity index (χ1n) is 24.3. The predicted molar refractivity (Wildman–Crippen MR) is 266 cm³/mol. The number of benzene rings is 6. The molecule has 10 atom stereocenters. The monoisotopic (exact) mass is 950 g/mol. The van der Waals surface area contributed by atoms with E-state index in [9.17, 15) is 5.11 Å². The highest BCUT2D eigenvalue weighted by molar-refractivity contribution is 5.18. The first-order chi connectivity index (χ1) is 34.6. The summed E-state index contributed by atoms with van der Waals surface area (Å²) in [5, 5.41) is 12.7. The molecule has 70 heavy (non-hydrogen) atoms. The third-order valence-electron chi connectivity index (χ3n) is 12.3. The lowest BCUT2D eigenvalue weighted by molar-refractivity contribution is -0.379. The minimum Gasteiger partial charge on any atom is -0.385 e. The van der Waals surface area contributed by atoms with Crippen LogP contribution in [-0.4, -0.2) is 86.3 Å². The summed E-state index contributed by atoms with van der Waals surface area (Å²) in [6, 6.07) is 59.6. The lowest BCUT2D eigenvalue weighted by atomic mass is 9.96. The molecule has 2 aliphatic heterocycles. The van der Waals surface area contributed by atoms with E-state index in [0.29, 0.717) is 26.2 Å². The Bertz CT molecular complexity index is 2330. The van der Waals surface area contributed by atoms with E-state index >= 15 is 0 Å². The molecule has 2 heterocycles. The van der Waals surface area contributed by atoms with E-state index < -0.39 is 61.4 Å². The summed E-state index contributed by atoms with van der Waals surface area (Å²) in [5.74, 6) is 0. The Balaban J connectivity index is 1.13. The second-order valence-corrected chi connectivity index (χ2v) is 17.5. The standard InChI is InChI=1S/C59H66O11/c1-2-3-22-35-63-59-57(56(67-41-49-33-20-9-21-34-49)54(65-39-47-29-16-7-17-30-47)51(69-59)43-62-37-45-25-12-5-13-26-45)70-58-52(60)55(66-40-48-31-18-8-19-32-48)53(64-38-46-27-14-6-15-28-46)50(68-58)42-61-36-44-23-10-4-11-24-44/h2,4-21,23-34,50-60H,1,3,22,35-43H2/t50-,51-,52+,53-,54-,55-,56+,57+,58+,59-/m1/s1. The highest BCUT2D eigenvalue weighted by Gasteiger charge is 2.54. The van der Waals surface area contributed by atoms with Gasteiger partial charge in [0.25, 0.3) is 0 Å². The molecular formula is C59H66O11. The van der Waals surface area contributed by atoms with Gasteiger partial charge in [-0.2, -0.15) is 0 Å². The molecule has 0 spiro atoms. The molecule has 0 radical (unpaired) electrons.